The molecule has 28 heavy (non-hydrogen) atoms. The van der Waals surface area contributed by atoms with Crippen LogP contribution in [0.25, 0.3) is 11.3 Å². The number of hydrogen-bond donors (Lipinski definition) is 3. The van der Waals surface area contributed by atoms with Crippen molar-refractivity contribution in [1.29, 1.82) is 0 Å². The Morgan fingerprint density at radius 3 is 2.68 bits per heavy atom. The third-order valence-corrected chi connectivity index (χ3v) is 5.01. The van der Waals surface area contributed by atoms with Gasteiger partial charge >= 0.3 is 0 Å². The molecule has 1 aliphatic rings. The van der Waals surface area contributed by atoms with Gasteiger partial charge in [-0.1, -0.05) is 23.8 Å². The van der Waals surface area contributed by atoms with Crippen molar-refractivity contribution in [3.8, 4) is 17.0 Å². The van der Waals surface area contributed by atoms with Crippen LogP contribution in [-0.2, 0) is 0 Å². The van der Waals surface area contributed by atoms with E-state index in [0.29, 0.717) is 35.5 Å². The second kappa shape index (κ2) is 7.09. The lowest BCUT2D eigenvalue weighted by molar-refractivity contribution is 0.0732. The number of aliphatic hydroxyl groups is 1. The van der Waals surface area contributed by atoms with Crippen LogP contribution in [0.1, 0.15) is 39.6 Å². The van der Waals surface area contributed by atoms with E-state index in [-0.39, 0.29) is 24.1 Å². The number of fused-ring (bicyclic) bond motifs is 1. The highest BCUT2D eigenvalue weighted by Crippen LogP contribution is 2.44. The number of carbonyl (C=O) groups is 1. The molecule has 0 spiro atoms. The van der Waals surface area contributed by atoms with E-state index in [1.54, 1.807) is 29.2 Å². The summed E-state index contributed by atoms with van der Waals surface area (Å²) >= 11 is 0. The van der Waals surface area contributed by atoms with Crippen LogP contribution in [0.4, 0.5) is 4.39 Å². The van der Waals surface area contributed by atoms with Crippen molar-refractivity contribution in [3.63, 3.8) is 0 Å². The van der Waals surface area contributed by atoms with Crippen LogP contribution >= 0.6 is 0 Å². The number of H-pyrrole nitrogens is 1. The van der Waals surface area contributed by atoms with E-state index in [1.807, 2.05) is 13.0 Å². The van der Waals surface area contributed by atoms with Gasteiger partial charge in [-0.25, -0.2) is 4.39 Å². The van der Waals surface area contributed by atoms with Crippen LogP contribution in [0, 0.1) is 12.7 Å². The van der Waals surface area contributed by atoms with E-state index in [4.69, 9.17) is 0 Å². The fraction of sp³-hybridized carbons (Fsp3) is 0.238. The fourth-order valence-electron chi connectivity index (χ4n) is 3.70. The molecule has 0 radical (unpaired) electrons. The number of phenolic OH excluding ortho intramolecular Hbond substituents is 1. The Morgan fingerprint density at radius 2 is 1.96 bits per heavy atom. The second-order valence-corrected chi connectivity index (χ2v) is 6.91. The zero-order valence-electron chi connectivity index (χ0n) is 15.3. The molecule has 2 heterocycles. The minimum atomic E-state index is -0.483. The van der Waals surface area contributed by atoms with Gasteiger partial charge in [0, 0.05) is 24.3 Å². The van der Waals surface area contributed by atoms with Crippen LogP contribution in [0.15, 0.2) is 42.5 Å². The summed E-state index contributed by atoms with van der Waals surface area (Å²) in [5.41, 5.74) is 3.70. The van der Waals surface area contributed by atoms with Crippen molar-refractivity contribution < 1.29 is 19.4 Å². The SMILES string of the molecule is Cc1ccc(O)c(-c2n[nH]c3c2[C@H](c2ccc(F)cc2)N(CCCO)C3=O)c1. The van der Waals surface area contributed by atoms with Crippen LogP contribution in [0.2, 0.25) is 0 Å². The number of carbonyl (C=O) groups excluding carboxylic acids is 1. The van der Waals surface area contributed by atoms with Crippen molar-refractivity contribution in [3.05, 3.63) is 70.7 Å². The number of aromatic hydroxyl groups is 1. The van der Waals surface area contributed by atoms with Crippen molar-refractivity contribution in [2.24, 2.45) is 0 Å². The minimum Gasteiger partial charge on any atom is -0.507 e. The largest absolute Gasteiger partial charge is 0.507 e. The first-order chi connectivity index (χ1) is 13.5. The van der Waals surface area contributed by atoms with E-state index in [2.05, 4.69) is 10.2 Å². The number of benzene rings is 2. The van der Waals surface area contributed by atoms with Gasteiger partial charge < -0.3 is 15.1 Å². The average Bonchev–Trinajstić information content (AvgIpc) is 3.22. The van der Waals surface area contributed by atoms with E-state index in [0.717, 1.165) is 11.1 Å². The number of aromatic nitrogens is 2. The molecule has 3 N–H and O–H groups in total. The number of aryl methyl sites for hydroxylation is 1. The van der Waals surface area contributed by atoms with Crippen molar-refractivity contribution in [1.82, 2.24) is 15.1 Å². The van der Waals surface area contributed by atoms with Crippen LogP contribution in [-0.4, -0.2) is 44.4 Å². The molecule has 3 aromatic rings. The molecule has 0 aliphatic carbocycles. The van der Waals surface area contributed by atoms with Gasteiger partial charge in [0.15, 0.2) is 0 Å². The summed E-state index contributed by atoms with van der Waals surface area (Å²) in [4.78, 5) is 14.6. The molecule has 0 fully saturated rings. The van der Waals surface area contributed by atoms with Crippen molar-refractivity contribution >= 4 is 5.91 Å². The average molecular weight is 381 g/mol. The molecule has 144 valence electrons. The number of halogens is 1. The lowest BCUT2D eigenvalue weighted by atomic mass is 9.95. The third kappa shape index (κ3) is 2.93. The van der Waals surface area contributed by atoms with Gasteiger partial charge in [-0.15, -0.1) is 0 Å². The molecule has 1 atom stereocenters. The van der Waals surface area contributed by atoms with E-state index in [1.165, 1.54) is 12.1 Å². The molecule has 1 aliphatic heterocycles. The molecule has 1 aromatic heterocycles. The molecular formula is C21H20FN3O3. The van der Waals surface area contributed by atoms with Gasteiger partial charge in [-0.2, -0.15) is 5.10 Å². The quantitative estimate of drug-likeness (QED) is 0.633. The highest BCUT2D eigenvalue weighted by molar-refractivity contribution is 6.00. The van der Waals surface area contributed by atoms with Gasteiger partial charge in [0.05, 0.1) is 6.04 Å². The Kier molecular flexibility index (Phi) is 4.60. The molecule has 0 saturated carbocycles. The summed E-state index contributed by atoms with van der Waals surface area (Å²) < 4.78 is 13.5. The maximum atomic E-state index is 13.5. The smallest absolute Gasteiger partial charge is 0.273 e. The highest BCUT2D eigenvalue weighted by Gasteiger charge is 2.42. The number of phenols is 1. The van der Waals surface area contributed by atoms with Crippen molar-refractivity contribution in [2.45, 2.75) is 19.4 Å². The molecule has 2 aromatic carbocycles. The Bertz CT molecular complexity index is 1030. The number of amides is 1. The van der Waals surface area contributed by atoms with Gasteiger partial charge in [-0.3, -0.25) is 9.89 Å². The molecule has 0 bridgehead atoms. The summed E-state index contributed by atoms with van der Waals surface area (Å²) in [5.74, 6) is -0.526. The number of hydrogen-bond acceptors (Lipinski definition) is 4. The van der Waals surface area contributed by atoms with E-state index < -0.39 is 6.04 Å². The fourth-order valence-corrected chi connectivity index (χ4v) is 3.70. The Labute approximate surface area is 161 Å². The topological polar surface area (TPSA) is 89.5 Å². The first-order valence-corrected chi connectivity index (χ1v) is 9.06. The summed E-state index contributed by atoms with van der Waals surface area (Å²) in [6, 6.07) is 10.7. The normalized spacial score (nSPS) is 15.9. The molecule has 0 unspecified atom stereocenters. The Hall–Kier alpha value is -3.19. The van der Waals surface area contributed by atoms with Crippen molar-refractivity contribution in [2.75, 3.05) is 13.2 Å². The lowest BCUT2D eigenvalue weighted by Crippen LogP contribution is -2.31. The van der Waals surface area contributed by atoms with Gasteiger partial charge in [0.25, 0.3) is 5.91 Å². The summed E-state index contributed by atoms with van der Waals surface area (Å²) in [7, 11) is 0. The summed E-state index contributed by atoms with van der Waals surface area (Å²) in [6.07, 6.45) is 0.423. The Morgan fingerprint density at radius 1 is 1.21 bits per heavy atom. The molecule has 7 heteroatoms. The van der Waals surface area contributed by atoms with Gasteiger partial charge in [0.1, 0.15) is 23.0 Å². The zero-order chi connectivity index (χ0) is 19.8. The van der Waals surface area contributed by atoms with Crippen LogP contribution < -0.4 is 0 Å². The van der Waals surface area contributed by atoms with Crippen LogP contribution in [0.5, 0.6) is 5.75 Å². The second-order valence-electron chi connectivity index (χ2n) is 6.91. The van der Waals surface area contributed by atoms with Gasteiger partial charge in [0.2, 0.25) is 0 Å². The summed E-state index contributed by atoms with van der Waals surface area (Å²) in [5, 5.41) is 26.7. The number of nitrogens with zero attached hydrogens (tertiary/aromatic N) is 2. The minimum absolute atomic E-state index is 0.0440. The number of aromatic amines is 1. The maximum absolute atomic E-state index is 13.5. The third-order valence-electron chi connectivity index (χ3n) is 5.01. The molecule has 4 rings (SSSR count). The standard InChI is InChI=1S/C21H20FN3O3/c1-12-3-8-16(27)15(11-12)18-17-19(24-23-18)21(28)25(9-2-10-26)20(17)13-4-6-14(22)7-5-13/h3-8,11,20,26-27H,2,9-10H2,1H3,(H,23,24)/t20-/m0/s1. The molecule has 0 saturated heterocycles. The number of aliphatic hydroxyl groups excluding tert-OH is 1. The monoisotopic (exact) mass is 381 g/mol. The number of rotatable bonds is 5. The predicted molar refractivity (Wildman–Crippen MR) is 101 cm³/mol. The van der Waals surface area contributed by atoms with Crippen LogP contribution in [0.3, 0.4) is 0 Å². The lowest BCUT2D eigenvalue weighted by Gasteiger charge is -2.26. The zero-order valence-corrected chi connectivity index (χ0v) is 15.3. The molecule has 6 nitrogen and oxygen atoms in total. The predicted octanol–water partition coefficient (Wildman–Crippen LogP) is 3.16. The highest BCUT2D eigenvalue weighted by atomic mass is 19.1. The van der Waals surface area contributed by atoms with Gasteiger partial charge in [-0.05, 0) is 43.2 Å². The molecular weight excluding hydrogens is 361 g/mol. The maximum Gasteiger partial charge on any atom is 0.273 e. The molecule has 1 amide bonds. The summed E-state index contributed by atoms with van der Waals surface area (Å²) in [6.45, 7) is 2.21. The first kappa shape index (κ1) is 18.2. The first-order valence-electron chi connectivity index (χ1n) is 9.06. The van der Waals surface area contributed by atoms with E-state index >= 15 is 0 Å². The number of nitrogens with one attached hydrogen (secondary N) is 1. The Balaban J connectivity index is 1.89. The van der Waals surface area contributed by atoms with E-state index in [9.17, 15) is 19.4 Å².